The second kappa shape index (κ2) is 68.0. The Morgan fingerprint density at radius 3 is 0.571 bits per heavy atom. The second-order valence-corrected chi connectivity index (χ2v) is 0. The standard InChI is InChI=1S/Ba.Fe.4O.Zr/q2*+2;4*-2;+4. The molecule has 0 atom stereocenters. The zero-order valence-corrected chi connectivity index (χ0v) is 11.2. The van der Waals surface area contributed by atoms with Crippen LogP contribution in [0, 0.1) is 0 Å². The molecule has 0 radical (unpaired) electrons. The van der Waals surface area contributed by atoms with Crippen LogP contribution in [0.1, 0.15) is 0 Å². The van der Waals surface area contributed by atoms with Gasteiger partial charge in [-0.3, -0.25) is 0 Å². The van der Waals surface area contributed by atoms with E-state index in [1.165, 1.54) is 0 Å². The fraction of sp³-hybridized carbons (Fsp3) is 0. The Labute approximate surface area is 112 Å². The van der Waals surface area contributed by atoms with Crippen molar-refractivity contribution in [1.82, 2.24) is 0 Å². The zero-order valence-electron chi connectivity index (χ0n) is 3.19. The topological polar surface area (TPSA) is 114 Å². The van der Waals surface area contributed by atoms with Crippen LogP contribution in [0.25, 0.3) is 0 Å². The van der Waals surface area contributed by atoms with E-state index in [2.05, 4.69) is 0 Å². The van der Waals surface area contributed by atoms with Gasteiger partial charge in [0.1, 0.15) is 0 Å². The summed E-state index contributed by atoms with van der Waals surface area (Å²) in [6.45, 7) is 0. The summed E-state index contributed by atoms with van der Waals surface area (Å²) in [6, 6.07) is 0. The largest absolute Gasteiger partial charge is 4.00 e. The molecule has 0 fully saturated rings. The fourth-order valence-corrected chi connectivity index (χ4v) is 0. The van der Waals surface area contributed by atoms with Gasteiger partial charge in [0.05, 0.1) is 0 Å². The fourth-order valence-electron chi connectivity index (χ4n) is 0. The third-order valence-electron chi connectivity index (χ3n) is 0. The first-order valence-corrected chi connectivity index (χ1v) is 0. The van der Waals surface area contributed by atoms with Crippen molar-refractivity contribution in [3.8, 4) is 0 Å². The van der Waals surface area contributed by atoms with E-state index in [0.717, 1.165) is 0 Å². The van der Waals surface area contributed by atoms with E-state index in [4.69, 9.17) is 0 Å². The average molecular weight is 348 g/mol. The molecule has 0 bridgehead atoms. The quantitative estimate of drug-likeness (QED) is 0.507. The predicted molar refractivity (Wildman–Crippen MR) is 8.50 cm³/mol. The number of hydrogen-bond acceptors (Lipinski definition) is 0. The van der Waals surface area contributed by atoms with E-state index >= 15 is 0 Å². The van der Waals surface area contributed by atoms with E-state index in [1.807, 2.05) is 0 Å². The minimum Gasteiger partial charge on any atom is -2.00 e. The smallest absolute Gasteiger partial charge is 2.00 e. The van der Waals surface area contributed by atoms with Crippen LogP contribution in [0.5, 0.6) is 0 Å². The van der Waals surface area contributed by atoms with Crippen LogP contribution < -0.4 is 0 Å². The van der Waals surface area contributed by atoms with Crippen molar-refractivity contribution in [2.75, 3.05) is 0 Å². The van der Waals surface area contributed by atoms with E-state index < -0.39 is 0 Å². The van der Waals surface area contributed by atoms with Gasteiger partial charge in [-0.2, -0.15) is 0 Å². The Balaban J connectivity index is 0. The normalized spacial score (nSPS) is 0. The summed E-state index contributed by atoms with van der Waals surface area (Å²) in [4.78, 5) is 0. The molecule has 0 amide bonds. The first-order valence-electron chi connectivity index (χ1n) is 0. The van der Waals surface area contributed by atoms with Crippen LogP contribution in [-0.4, -0.2) is 48.9 Å². The summed E-state index contributed by atoms with van der Waals surface area (Å²) < 4.78 is 0. The monoisotopic (exact) mass is 348 g/mol. The maximum atomic E-state index is 0. The Morgan fingerprint density at radius 1 is 0.571 bits per heavy atom. The summed E-state index contributed by atoms with van der Waals surface area (Å²) >= 11 is 0. The van der Waals surface area contributed by atoms with Gasteiger partial charge in [0.2, 0.25) is 0 Å². The van der Waals surface area contributed by atoms with Crippen LogP contribution in [-0.2, 0) is 65.2 Å². The summed E-state index contributed by atoms with van der Waals surface area (Å²) in [5, 5.41) is 0. The predicted octanol–water partition coefficient (Wildman–Crippen LogP) is -0.861. The van der Waals surface area contributed by atoms with Crippen molar-refractivity contribution in [3.05, 3.63) is 0 Å². The van der Waals surface area contributed by atoms with Crippen molar-refractivity contribution in [3.63, 3.8) is 0 Å². The Bertz CT molecular complexity index is 11.7. The molecular formula is BaFeO4Zr. The molecule has 0 saturated heterocycles. The minimum absolute atomic E-state index is 0. The van der Waals surface area contributed by atoms with Crippen LogP contribution in [0.3, 0.4) is 0 Å². The molecule has 7 heteroatoms. The van der Waals surface area contributed by atoms with Crippen LogP contribution >= 0.6 is 0 Å². The van der Waals surface area contributed by atoms with Crippen LogP contribution in [0.2, 0.25) is 0 Å². The van der Waals surface area contributed by atoms with Gasteiger partial charge in [-0.15, -0.1) is 0 Å². The Morgan fingerprint density at radius 2 is 0.571 bits per heavy atom. The van der Waals surface area contributed by atoms with E-state index in [0.29, 0.717) is 0 Å². The van der Waals surface area contributed by atoms with E-state index in [-0.39, 0.29) is 114 Å². The van der Waals surface area contributed by atoms with Crippen molar-refractivity contribution >= 4 is 48.9 Å². The molecular weight excluding hydrogens is 348 g/mol. The molecule has 0 aliphatic heterocycles. The molecule has 0 heterocycles. The van der Waals surface area contributed by atoms with Gasteiger partial charge in [0.15, 0.2) is 0 Å². The van der Waals surface area contributed by atoms with Crippen molar-refractivity contribution in [1.29, 1.82) is 0 Å². The minimum atomic E-state index is 0. The molecule has 38 valence electrons. The number of rotatable bonds is 0. The van der Waals surface area contributed by atoms with Crippen LogP contribution in [0.15, 0.2) is 0 Å². The average Bonchev–Trinajstić information content (AvgIpc) is 0. The molecule has 0 rings (SSSR count). The van der Waals surface area contributed by atoms with E-state index in [1.54, 1.807) is 0 Å². The molecule has 0 unspecified atom stereocenters. The molecule has 0 saturated carbocycles. The molecule has 0 spiro atoms. The van der Waals surface area contributed by atoms with Crippen molar-refractivity contribution in [2.45, 2.75) is 0 Å². The molecule has 7 heavy (non-hydrogen) atoms. The first-order chi connectivity index (χ1) is 0. The summed E-state index contributed by atoms with van der Waals surface area (Å²) in [5.41, 5.74) is 0. The molecule has 0 aliphatic rings. The molecule has 4 nitrogen and oxygen atoms in total. The van der Waals surface area contributed by atoms with Gasteiger partial charge in [0.25, 0.3) is 0 Å². The van der Waals surface area contributed by atoms with Gasteiger partial charge < -0.3 is 21.9 Å². The van der Waals surface area contributed by atoms with Crippen molar-refractivity contribution in [2.24, 2.45) is 0 Å². The SMILES string of the molecule is [Ba+2].[Fe+2].[O-2].[O-2].[O-2].[O-2].[Zr+4]. The zero-order chi connectivity index (χ0) is 0. The third kappa shape index (κ3) is 51.7. The second-order valence-electron chi connectivity index (χ2n) is 0. The third-order valence-corrected chi connectivity index (χ3v) is 0. The van der Waals surface area contributed by atoms with Crippen molar-refractivity contribution < 1.29 is 65.2 Å². The molecule has 0 aromatic carbocycles. The maximum absolute atomic E-state index is 0. The van der Waals surface area contributed by atoms with Crippen LogP contribution in [0.4, 0.5) is 0 Å². The molecule has 0 aromatic heterocycles. The van der Waals surface area contributed by atoms with Gasteiger partial charge >= 0.3 is 92.2 Å². The molecule has 0 N–H and O–H groups in total. The van der Waals surface area contributed by atoms with Gasteiger partial charge in [-0.1, -0.05) is 0 Å². The maximum Gasteiger partial charge on any atom is 4.00 e. The Hall–Kier alpha value is 2.81. The summed E-state index contributed by atoms with van der Waals surface area (Å²) in [5.74, 6) is 0. The molecule has 0 aromatic rings. The number of hydrogen-bond donors (Lipinski definition) is 0. The first kappa shape index (κ1) is 96.3. The van der Waals surface area contributed by atoms with Gasteiger partial charge in [-0.25, -0.2) is 0 Å². The van der Waals surface area contributed by atoms with Gasteiger partial charge in [0, 0.05) is 0 Å². The molecule has 0 aliphatic carbocycles. The Kier molecular flexibility index (Phi) is 935. The van der Waals surface area contributed by atoms with Gasteiger partial charge in [-0.05, 0) is 0 Å². The summed E-state index contributed by atoms with van der Waals surface area (Å²) in [7, 11) is 0. The summed E-state index contributed by atoms with van der Waals surface area (Å²) in [6.07, 6.45) is 0. The van der Waals surface area contributed by atoms with E-state index in [9.17, 15) is 0 Å².